The molecule has 0 aliphatic carbocycles. The third kappa shape index (κ3) is 3.45. The van der Waals surface area contributed by atoms with Gasteiger partial charge in [-0.05, 0) is 13.3 Å². The monoisotopic (exact) mass is 309 g/mol. The highest BCUT2D eigenvalue weighted by atomic mass is 16.5. The first-order valence-electron chi connectivity index (χ1n) is 7.46. The molecule has 0 saturated carbocycles. The number of rotatable bonds is 4. The summed E-state index contributed by atoms with van der Waals surface area (Å²) < 4.78 is 5.16. The lowest BCUT2D eigenvalue weighted by Crippen LogP contribution is -2.34. The number of carboxylic acids is 1. The van der Waals surface area contributed by atoms with Crippen LogP contribution in [0, 0.1) is 5.41 Å². The Balaban J connectivity index is 1.89. The van der Waals surface area contributed by atoms with E-state index in [9.17, 15) is 14.7 Å². The van der Waals surface area contributed by atoms with Crippen LogP contribution in [0.3, 0.4) is 0 Å². The number of hydrogen-bond acceptors (Lipinski definition) is 5. The van der Waals surface area contributed by atoms with Crippen LogP contribution < -0.4 is 0 Å². The standard InChI is InChI=1S/C15H23N3O4/c1-14(2,3)12-16-10(22-17-12)5-6-11(19)18-8-7-15(4,9-18)13(20)21/h5-9H2,1-4H3,(H,20,21). The topological polar surface area (TPSA) is 96.5 Å². The van der Waals surface area contributed by atoms with Gasteiger partial charge >= 0.3 is 5.97 Å². The third-order valence-electron chi connectivity index (χ3n) is 4.03. The van der Waals surface area contributed by atoms with E-state index in [1.165, 1.54) is 0 Å². The Hall–Kier alpha value is -1.92. The van der Waals surface area contributed by atoms with E-state index in [1.807, 2.05) is 20.8 Å². The molecule has 1 unspecified atom stereocenters. The second-order valence-electron chi connectivity index (χ2n) is 7.19. The van der Waals surface area contributed by atoms with Crippen LogP contribution in [0.2, 0.25) is 0 Å². The number of likely N-dealkylation sites (tertiary alicyclic amines) is 1. The summed E-state index contributed by atoms with van der Waals surface area (Å²) in [6.45, 7) is 8.39. The molecule has 1 amide bonds. The molecule has 7 nitrogen and oxygen atoms in total. The normalized spacial score (nSPS) is 22.1. The molecule has 1 atom stereocenters. The van der Waals surface area contributed by atoms with Gasteiger partial charge < -0.3 is 14.5 Å². The van der Waals surface area contributed by atoms with Crippen molar-refractivity contribution in [1.82, 2.24) is 15.0 Å². The summed E-state index contributed by atoms with van der Waals surface area (Å²) in [6.07, 6.45) is 1.12. The van der Waals surface area contributed by atoms with Gasteiger partial charge in [-0.2, -0.15) is 4.98 Å². The summed E-state index contributed by atoms with van der Waals surface area (Å²) in [5.74, 6) is 0.142. The zero-order valence-electron chi connectivity index (χ0n) is 13.5. The van der Waals surface area contributed by atoms with Crippen LogP contribution in [0.15, 0.2) is 4.52 Å². The van der Waals surface area contributed by atoms with Gasteiger partial charge in [0, 0.05) is 31.3 Å². The van der Waals surface area contributed by atoms with Crippen LogP contribution in [-0.2, 0) is 21.4 Å². The highest BCUT2D eigenvalue weighted by Crippen LogP contribution is 2.30. The zero-order chi connectivity index (χ0) is 16.5. The summed E-state index contributed by atoms with van der Waals surface area (Å²) in [5, 5.41) is 13.1. The van der Waals surface area contributed by atoms with Crippen molar-refractivity contribution in [2.75, 3.05) is 13.1 Å². The number of aromatic nitrogens is 2. The van der Waals surface area contributed by atoms with Gasteiger partial charge in [-0.25, -0.2) is 0 Å². The first-order valence-corrected chi connectivity index (χ1v) is 7.46. The van der Waals surface area contributed by atoms with Crippen molar-refractivity contribution in [3.63, 3.8) is 0 Å². The van der Waals surface area contributed by atoms with E-state index in [0.717, 1.165) is 0 Å². The Labute approximate surface area is 129 Å². The van der Waals surface area contributed by atoms with E-state index >= 15 is 0 Å². The molecule has 0 spiro atoms. The smallest absolute Gasteiger partial charge is 0.311 e. The number of carbonyl (C=O) groups excluding carboxylic acids is 1. The molecule has 0 radical (unpaired) electrons. The quantitative estimate of drug-likeness (QED) is 0.908. The van der Waals surface area contributed by atoms with Crippen LogP contribution in [0.5, 0.6) is 0 Å². The molecular formula is C15H23N3O4. The highest BCUT2D eigenvalue weighted by molar-refractivity contribution is 5.80. The molecular weight excluding hydrogens is 286 g/mol. The van der Waals surface area contributed by atoms with E-state index in [2.05, 4.69) is 10.1 Å². The van der Waals surface area contributed by atoms with Gasteiger partial charge in [0.15, 0.2) is 5.82 Å². The lowest BCUT2D eigenvalue weighted by molar-refractivity contribution is -0.147. The fourth-order valence-electron chi connectivity index (χ4n) is 2.38. The first kappa shape index (κ1) is 16.5. The number of nitrogens with zero attached hydrogens (tertiary/aromatic N) is 3. The van der Waals surface area contributed by atoms with Crippen LogP contribution in [0.4, 0.5) is 0 Å². The Morgan fingerprint density at radius 2 is 2.09 bits per heavy atom. The summed E-state index contributed by atoms with van der Waals surface area (Å²) >= 11 is 0. The first-order chi connectivity index (χ1) is 10.1. The van der Waals surface area contributed by atoms with Crippen molar-refractivity contribution < 1.29 is 19.2 Å². The number of hydrogen-bond donors (Lipinski definition) is 1. The number of carboxylic acid groups (broad SMARTS) is 1. The number of amides is 1. The van der Waals surface area contributed by atoms with Gasteiger partial charge in [-0.15, -0.1) is 0 Å². The van der Waals surface area contributed by atoms with Gasteiger partial charge in [0.25, 0.3) is 0 Å². The maximum Gasteiger partial charge on any atom is 0.311 e. The zero-order valence-corrected chi connectivity index (χ0v) is 13.5. The SMILES string of the molecule is CC1(C(=O)O)CCN(C(=O)CCc2nc(C(C)(C)C)no2)C1. The van der Waals surface area contributed by atoms with Crippen molar-refractivity contribution in [2.45, 2.75) is 52.4 Å². The van der Waals surface area contributed by atoms with Crippen LogP contribution in [-0.4, -0.2) is 45.1 Å². The summed E-state index contributed by atoms with van der Waals surface area (Å²) in [5.41, 5.74) is -1.02. The lowest BCUT2D eigenvalue weighted by Gasteiger charge is -2.19. The molecule has 1 aliphatic heterocycles. The Morgan fingerprint density at radius 3 is 2.59 bits per heavy atom. The minimum atomic E-state index is -0.852. The molecule has 2 heterocycles. The highest BCUT2D eigenvalue weighted by Gasteiger charge is 2.41. The second kappa shape index (κ2) is 5.70. The molecule has 1 saturated heterocycles. The van der Waals surface area contributed by atoms with Crippen molar-refractivity contribution in [3.05, 3.63) is 11.7 Å². The average Bonchev–Trinajstić information content (AvgIpc) is 3.03. The van der Waals surface area contributed by atoms with Gasteiger partial charge in [0.05, 0.1) is 5.41 Å². The van der Waals surface area contributed by atoms with E-state index in [-0.39, 0.29) is 24.3 Å². The molecule has 1 aromatic rings. The molecule has 0 aromatic carbocycles. The molecule has 1 N–H and O–H groups in total. The molecule has 1 aliphatic rings. The lowest BCUT2D eigenvalue weighted by atomic mass is 9.90. The van der Waals surface area contributed by atoms with E-state index in [4.69, 9.17) is 4.52 Å². The third-order valence-corrected chi connectivity index (χ3v) is 4.03. The van der Waals surface area contributed by atoms with E-state index in [1.54, 1.807) is 11.8 Å². The Kier molecular flexibility index (Phi) is 4.26. The molecule has 122 valence electrons. The van der Waals surface area contributed by atoms with Crippen molar-refractivity contribution in [1.29, 1.82) is 0 Å². The largest absolute Gasteiger partial charge is 0.481 e. The fourth-order valence-corrected chi connectivity index (χ4v) is 2.38. The van der Waals surface area contributed by atoms with E-state index in [0.29, 0.717) is 31.1 Å². The van der Waals surface area contributed by atoms with Gasteiger partial charge in [0.2, 0.25) is 11.8 Å². The molecule has 0 bridgehead atoms. The minimum Gasteiger partial charge on any atom is -0.481 e. The minimum absolute atomic E-state index is 0.0690. The average molecular weight is 309 g/mol. The maximum absolute atomic E-state index is 12.2. The van der Waals surface area contributed by atoms with Gasteiger partial charge in [-0.1, -0.05) is 25.9 Å². The molecule has 7 heteroatoms. The van der Waals surface area contributed by atoms with Crippen molar-refractivity contribution >= 4 is 11.9 Å². The molecule has 1 fully saturated rings. The number of aliphatic carboxylic acids is 1. The van der Waals surface area contributed by atoms with Crippen molar-refractivity contribution in [3.8, 4) is 0 Å². The Morgan fingerprint density at radius 1 is 1.41 bits per heavy atom. The fraction of sp³-hybridized carbons (Fsp3) is 0.733. The summed E-state index contributed by atoms with van der Waals surface area (Å²) in [6, 6.07) is 0. The second-order valence-corrected chi connectivity index (χ2v) is 7.19. The molecule has 2 rings (SSSR count). The summed E-state index contributed by atoms with van der Waals surface area (Å²) in [4.78, 5) is 29.3. The predicted molar refractivity (Wildman–Crippen MR) is 78.3 cm³/mol. The number of carbonyl (C=O) groups is 2. The van der Waals surface area contributed by atoms with Gasteiger partial charge in [0.1, 0.15) is 0 Å². The van der Waals surface area contributed by atoms with E-state index < -0.39 is 11.4 Å². The van der Waals surface area contributed by atoms with Crippen LogP contribution in [0.1, 0.15) is 52.3 Å². The maximum atomic E-state index is 12.2. The van der Waals surface area contributed by atoms with Gasteiger partial charge in [-0.3, -0.25) is 9.59 Å². The summed E-state index contributed by atoms with van der Waals surface area (Å²) in [7, 11) is 0. The molecule has 22 heavy (non-hydrogen) atoms. The predicted octanol–water partition coefficient (Wildman–Crippen LogP) is 1.62. The van der Waals surface area contributed by atoms with Crippen molar-refractivity contribution in [2.24, 2.45) is 5.41 Å². The van der Waals surface area contributed by atoms with Crippen LogP contribution >= 0.6 is 0 Å². The molecule has 1 aromatic heterocycles. The Bertz CT molecular complexity index is 576. The number of aryl methyl sites for hydroxylation is 1. The van der Waals surface area contributed by atoms with Crippen LogP contribution in [0.25, 0.3) is 0 Å².